The quantitative estimate of drug-likeness (QED) is 0.430. The maximum atomic E-state index is 11.3. The number of carbonyl (C=O) groups is 2. The van der Waals surface area contributed by atoms with E-state index < -0.39 is 8.07 Å². The van der Waals surface area contributed by atoms with Crippen LogP contribution in [0.25, 0.3) is 0 Å². The standard InChI is InChI=1S/C12H23NO2Si/c1-12(2,3)16(4,5)9-10-8-11(15)13(10)6-7-14/h7,10H,6,8-9H2,1-5H3. The molecule has 1 amide bonds. The Labute approximate surface area is 99.2 Å². The third kappa shape index (κ3) is 2.54. The van der Waals surface area contributed by atoms with Crippen molar-refractivity contribution in [2.75, 3.05) is 6.54 Å². The molecule has 0 aromatic carbocycles. The summed E-state index contributed by atoms with van der Waals surface area (Å²) in [5, 5.41) is 0.346. The van der Waals surface area contributed by atoms with Gasteiger partial charge in [-0.2, -0.15) is 0 Å². The number of rotatable bonds is 4. The predicted molar refractivity (Wildman–Crippen MR) is 68.2 cm³/mol. The third-order valence-corrected chi connectivity index (χ3v) is 9.77. The van der Waals surface area contributed by atoms with Gasteiger partial charge in [-0.25, -0.2) is 0 Å². The lowest BCUT2D eigenvalue weighted by Crippen LogP contribution is -2.57. The predicted octanol–water partition coefficient (Wildman–Crippen LogP) is 2.29. The summed E-state index contributed by atoms with van der Waals surface area (Å²) in [5.74, 6) is 0.135. The fourth-order valence-corrected chi connectivity index (χ4v) is 4.08. The van der Waals surface area contributed by atoms with E-state index in [0.29, 0.717) is 17.5 Å². The molecule has 1 unspecified atom stereocenters. The van der Waals surface area contributed by atoms with Crippen LogP contribution >= 0.6 is 0 Å². The maximum absolute atomic E-state index is 11.3. The van der Waals surface area contributed by atoms with Gasteiger partial charge in [0.15, 0.2) is 0 Å². The average Bonchev–Trinajstić information content (AvgIpc) is 2.11. The topological polar surface area (TPSA) is 37.4 Å². The summed E-state index contributed by atoms with van der Waals surface area (Å²) in [6.07, 6.45) is 1.47. The lowest BCUT2D eigenvalue weighted by molar-refractivity contribution is -0.146. The first-order valence-corrected chi connectivity index (χ1v) is 9.13. The molecule has 1 heterocycles. The Bertz CT molecular complexity index is 294. The molecule has 1 aliphatic rings. The van der Waals surface area contributed by atoms with Crippen LogP contribution in [0.4, 0.5) is 0 Å². The van der Waals surface area contributed by atoms with Gasteiger partial charge in [0.2, 0.25) is 5.91 Å². The SMILES string of the molecule is CC(C)(C)[Si](C)(C)CC1CC(=O)N1CC=O. The molecular formula is C12H23NO2Si. The van der Waals surface area contributed by atoms with E-state index in [2.05, 4.69) is 33.9 Å². The molecule has 0 aliphatic carbocycles. The van der Waals surface area contributed by atoms with Gasteiger partial charge in [0.25, 0.3) is 0 Å². The first-order valence-electron chi connectivity index (χ1n) is 5.92. The van der Waals surface area contributed by atoms with Crippen LogP contribution in [0.1, 0.15) is 27.2 Å². The molecule has 1 rings (SSSR count). The number of amides is 1. The summed E-state index contributed by atoms with van der Waals surface area (Å²) in [6, 6.07) is 1.43. The molecule has 1 fully saturated rings. The van der Waals surface area contributed by atoms with Crippen molar-refractivity contribution >= 4 is 20.3 Å². The molecule has 1 aliphatic heterocycles. The minimum atomic E-state index is -1.35. The van der Waals surface area contributed by atoms with Gasteiger partial charge < -0.3 is 9.69 Å². The van der Waals surface area contributed by atoms with Crippen molar-refractivity contribution in [3.05, 3.63) is 0 Å². The van der Waals surface area contributed by atoms with Crippen molar-refractivity contribution in [2.24, 2.45) is 0 Å². The summed E-state index contributed by atoms with van der Waals surface area (Å²) < 4.78 is 0. The fraction of sp³-hybridized carbons (Fsp3) is 0.833. The van der Waals surface area contributed by atoms with Crippen LogP contribution in [0.5, 0.6) is 0 Å². The van der Waals surface area contributed by atoms with E-state index in [-0.39, 0.29) is 12.5 Å². The molecule has 4 heteroatoms. The molecule has 0 saturated carbocycles. The van der Waals surface area contributed by atoms with Crippen LogP contribution < -0.4 is 0 Å². The summed E-state index contributed by atoms with van der Waals surface area (Å²) in [5.41, 5.74) is 0. The monoisotopic (exact) mass is 241 g/mol. The smallest absolute Gasteiger partial charge is 0.225 e. The molecule has 0 bridgehead atoms. The van der Waals surface area contributed by atoms with Gasteiger partial charge in [0.1, 0.15) is 6.29 Å². The summed E-state index contributed by atoms with van der Waals surface area (Å²) in [7, 11) is -1.35. The van der Waals surface area contributed by atoms with Gasteiger partial charge in [-0.05, 0) is 11.1 Å². The number of β-lactam (4-membered cyclic amide) rings is 1. The van der Waals surface area contributed by atoms with Crippen molar-refractivity contribution in [2.45, 2.75) is 57.4 Å². The molecule has 0 radical (unpaired) electrons. The molecule has 0 spiro atoms. The van der Waals surface area contributed by atoms with Gasteiger partial charge >= 0.3 is 0 Å². The van der Waals surface area contributed by atoms with Gasteiger partial charge in [-0.3, -0.25) is 4.79 Å². The first kappa shape index (κ1) is 13.4. The average molecular weight is 241 g/mol. The van der Waals surface area contributed by atoms with E-state index in [1.165, 1.54) is 0 Å². The molecule has 1 saturated heterocycles. The van der Waals surface area contributed by atoms with E-state index in [9.17, 15) is 9.59 Å². The van der Waals surface area contributed by atoms with Gasteiger partial charge in [0.05, 0.1) is 14.6 Å². The van der Waals surface area contributed by atoms with Crippen molar-refractivity contribution in [3.8, 4) is 0 Å². The lowest BCUT2D eigenvalue weighted by atomic mass is 10.0. The van der Waals surface area contributed by atoms with Crippen molar-refractivity contribution in [1.82, 2.24) is 4.90 Å². The Balaban J connectivity index is 2.62. The van der Waals surface area contributed by atoms with Crippen LogP contribution in [0, 0.1) is 0 Å². The Morgan fingerprint density at radius 3 is 2.38 bits per heavy atom. The van der Waals surface area contributed by atoms with Crippen LogP contribution in [-0.2, 0) is 9.59 Å². The van der Waals surface area contributed by atoms with Crippen LogP contribution in [0.2, 0.25) is 24.2 Å². The summed E-state index contributed by atoms with van der Waals surface area (Å²) >= 11 is 0. The van der Waals surface area contributed by atoms with Crippen LogP contribution in [0.3, 0.4) is 0 Å². The highest BCUT2D eigenvalue weighted by Crippen LogP contribution is 2.41. The zero-order chi connectivity index (χ0) is 12.6. The molecule has 16 heavy (non-hydrogen) atoms. The number of hydrogen-bond donors (Lipinski definition) is 0. The van der Waals surface area contributed by atoms with E-state index in [1.807, 2.05) is 0 Å². The minimum Gasteiger partial charge on any atom is -0.332 e. The second kappa shape index (κ2) is 4.32. The number of likely N-dealkylation sites (tertiary alicyclic amines) is 1. The molecule has 0 N–H and O–H groups in total. The maximum Gasteiger partial charge on any atom is 0.225 e. The van der Waals surface area contributed by atoms with Crippen molar-refractivity contribution in [3.63, 3.8) is 0 Å². The Morgan fingerprint density at radius 2 is 2.00 bits per heavy atom. The van der Waals surface area contributed by atoms with Crippen LogP contribution in [-0.4, -0.2) is 37.8 Å². The van der Waals surface area contributed by atoms with Gasteiger partial charge in [0, 0.05) is 12.5 Å². The Kier molecular flexibility index (Phi) is 3.62. The molecule has 1 atom stereocenters. The van der Waals surface area contributed by atoms with E-state index in [4.69, 9.17) is 0 Å². The molecule has 92 valence electrons. The number of hydrogen-bond acceptors (Lipinski definition) is 2. The van der Waals surface area contributed by atoms with Crippen molar-refractivity contribution < 1.29 is 9.59 Å². The second-order valence-corrected chi connectivity index (χ2v) is 12.1. The van der Waals surface area contributed by atoms with E-state index >= 15 is 0 Å². The Morgan fingerprint density at radius 1 is 1.44 bits per heavy atom. The van der Waals surface area contributed by atoms with Crippen molar-refractivity contribution in [1.29, 1.82) is 0 Å². The summed E-state index contributed by atoms with van der Waals surface area (Å²) in [4.78, 5) is 23.6. The molecule has 3 nitrogen and oxygen atoms in total. The van der Waals surface area contributed by atoms with E-state index in [0.717, 1.165) is 12.3 Å². The number of aldehydes is 1. The normalized spacial score (nSPS) is 21.9. The highest BCUT2D eigenvalue weighted by molar-refractivity contribution is 6.80. The molecular weight excluding hydrogens is 218 g/mol. The molecule has 0 aromatic rings. The zero-order valence-electron chi connectivity index (χ0n) is 11.0. The number of carbonyl (C=O) groups excluding carboxylic acids is 2. The zero-order valence-corrected chi connectivity index (χ0v) is 12.0. The number of nitrogens with zero attached hydrogens (tertiary/aromatic N) is 1. The Hall–Kier alpha value is -0.643. The molecule has 0 aromatic heterocycles. The van der Waals surface area contributed by atoms with Crippen LogP contribution in [0.15, 0.2) is 0 Å². The largest absolute Gasteiger partial charge is 0.332 e. The third-order valence-electron chi connectivity index (χ3n) is 4.22. The van der Waals surface area contributed by atoms with Gasteiger partial charge in [-0.1, -0.05) is 33.9 Å². The fourth-order valence-electron chi connectivity index (χ4n) is 1.93. The first-order chi connectivity index (χ1) is 7.19. The second-order valence-electron chi connectivity index (χ2n) is 6.41. The summed E-state index contributed by atoms with van der Waals surface area (Å²) in [6.45, 7) is 11.9. The highest BCUT2D eigenvalue weighted by Gasteiger charge is 2.43. The highest BCUT2D eigenvalue weighted by atomic mass is 28.3. The van der Waals surface area contributed by atoms with E-state index in [1.54, 1.807) is 4.90 Å². The van der Waals surface area contributed by atoms with Gasteiger partial charge in [-0.15, -0.1) is 0 Å². The lowest BCUT2D eigenvalue weighted by Gasteiger charge is -2.46. The minimum absolute atomic E-state index is 0.135.